The molecule has 0 unspecified atom stereocenters. The molecule has 8 heteroatoms. The summed E-state index contributed by atoms with van der Waals surface area (Å²) in [5.41, 5.74) is 0. The van der Waals surface area contributed by atoms with Crippen molar-refractivity contribution in [1.29, 1.82) is 0 Å². The zero-order valence-electron chi connectivity index (χ0n) is 18.0. The first-order valence-corrected chi connectivity index (χ1v) is 10.8. The Hall–Kier alpha value is -2.32. The molecule has 0 bridgehead atoms. The fraction of sp³-hybridized carbons (Fsp3) is 0.636. The normalized spacial score (nSPS) is 22.7. The molecule has 2 N–H and O–H groups in total. The first-order chi connectivity index (χ1) is 14.6. The van der Waals surface area contributed by atoms with Gasteiger partial charge in [0.05, 0.1) is 6.04 Å². The number of para-hydroxylation sites is 1. The molecule has 1 aromatic carbocycles. The van der Waals surface area contributed by atoms with E-state index in [0.29, 0.717) is 32.7 Å². The molecular weight excluding hydrogens is 384 g/mol. The fourth-order valence-corrected chi connectivity index (χ4v) is 4.35. The molecule has 166 valence electrons. The van der Waals surface area contributed by atoms with Crippen LogP contribution in [0.4, 0.5) is 4.79 Å². The Morgan fingerprint density at radius 1 is 1.17 bits per heavy atom. The minimum absolute atomic E-state index is 0.0147. The van der Waals surface area contributed by atoms with Crippen LogP contribution in [0, 0.1) is 0 Å². The van der Waals surface area contributed by atoms with E-state index in [4.69, 9.17) is 9.47 Å². The van der Waals surface area contributed by atoms with E-state index in [9.17, 15) is 9.59 Å². The van der Waals surface area contributed by atoms with Crippen LogP contribution < -0.4 is 15.4 Å². The highest BCUT2D eigenvalue weighted by molar-refractivity contribution is 5.82. The molecular formula is C22H34N4O4. The van der Waals surface area contributed by atoms with Crippen LogP contribution in [0.1, 0.15) is 25.7 Å². The molecule has 1 aromatic rings. The Morgan fingerprint density at radius 3 is 2.57 bits per heavy atom. The molecule has 2 fully saturated rings. The van der Waals surface area contributed by atoms with Gasteiger partial charge < -0.3 is 25.0 Å². The highest BCUT2D eigenvalue weighted by Crippen LogP contribution is 2.29. The van der Waals surface area contributed by atoms with Crippen molar-refractivity contribution in [2.24, 2.45) is 0 Å². The maximum Gasteiger partial charge on any atom is 0.317 e. The summed E-state index contributed by atoms with van der Waals surface area (Å²) in [5.74, 6) is 0.868. The van der Waals surface area contributed by atoms with E-state index < -0.39 is 0 Å². The second kappa shape index (κ2) is 11.2. The minimum atomic E-state index is -0.192. The van der Waals surface area contributed by atoms with Crippen LogP contribution in [0.25, 0.3) is 0 Å². The third kappa shape index (κ3) is 5.86. The van der Waals surface area contributed by atoms with Crippen LogP contribution in [-0.4, -0.2) is 86.9 Å². The zero-order valence-corrected chi connectivity index (χ0v) is 18.0. The van der Waals surface area contributed by atoms with Crippen molar-refractivity contribution in [2.45, 2.75) is 43.9 Å². The van der Waals surface area contributed by atoms with Gasteiger partial charge in [0.15, 0.2) is 0 Å². The van der Waals surface area contributed by atoms with Gasteiger partial charge in [0.2, 0.25) is 5.91 Å². The van der Waals surface area contributed by atoms with Gasteiger partial charge in [-0.2, -0.15) is 0 Å². The minimum Gasteiger partial charge on any atom is -0.489 e. The van der Waals surface area contributed by atoms with E-state index in [-0.39, 0.29) is 30.1 Å². The highest BCUT2D eigenvalue weighted by atomic mass is 16.5. The molecule has 2 saturated heterocycles. The number of amides is 3. The first kappa shape index (κ1) is 22.4. The van der Waals surface area contributed by atoms with Crippen molar-refractivity contribution in [3.8, 4) is 5.75 Å². The van der Waals surface area contributed by atoms with E-state index in [2.05, 4.69) is 15.5 Å². The average molecular weight is 419 g/mol. The molecule has 2 aliphatic rings. The van der Waals surface area contributed by atoms with Gasteiger partial charge in [-0.1, -0.05) is 18.2 Å². The smallest absolute Gasteiger partial charge is 0.317 e. The third-order valence-corrected chi connectivity index (χ3v) is 5.92. The largest absolute Gasteiger partial charge is 0.489 e. The van der Waals surface area contributed by atoms with E-state index in [1.54, 1.807) is 14.2 Å². The fourth-order valence-electron chi connectivity index (χ4n) is 4.35. The van der Waals surface area contributed by atoms with Gasteiger partial charge in [-0.05, 0) is 31.4 Å². The van der Waals surface area contributed by atoms with Gasteiger partial charge in [0.25, 0.3) is 0 Å². The van der Waals surface area contributed by atoms with Crippen molar-refractivity contribution in [2.75, 3.05) is 46.9 Å². The summed E-state index contributed by atoms with van der Waals surface area (Å²) in [5, 5.41) is 5.75. The number of carbonyl (C=O) groups excluding carboxylic acids is 2. The Bertz CT molecular complexity index is 679. The Morgan fingerprint density at radius 2 is 1.90 bits per heavy atom. The van der Waals surface area contributed by atoms with Gasteiger partial charge in [-0.25, -0.2) is 4.79 Å². The van der Waals surface area contributed by atoms with Crippen molar-refractivity contribution in [1.82, 2.24) is 20.4 Å². The molecule has 0 saturated carbocycles. The van der Waals surface area contributed by atoms with E-state index in [1.807, 2.05) is 35.2 Å². The van der Waals surface area contributed by atoms with Gasteiger partial charge in [0, 0.05) is 59.4 Å². The topological polar surface area (TPSA) is 83.1 Å². The number of benzene rings is 1. The predicted octanol–water partition coefficient (Wildman–Crippen LogP) is 1.46. The number of rotatable bonds is 8. The van der Waals surface area contributed by atoms with Crippen LogP contribution in [-0.2, 0) is 9.53 Å². The summed E-state index contributed by atoms with van der Waals surface area (Å²) in [4.78, 5) is 29.0. The van der Waals surface area contributed by atoms with Crippen molar-refractivity contribution < 1.29 is 19.1 Å². The van der Waals surface area contributed by atoms with Crippen molar-refractivity contribution in [3.63, 3.8) is 0 Å². The number of hydrogen-bond donors (Lipinski definition) is 2. The molecule has 0 aromatic heterocycles. The number of urea groups is 1. The number of hydrogen-bond acceptors (Lipinski definition) is 5. The SMILES string of the molecule is CNC(=O)[C@@H]1C[C@H](Oc2ccccc2)CN1C1CCN(C(=O)NCCCOC)CC1. The lowest BCUT2D eigenvalue weighted by Crippen LogP contribution is -2.53. The number of carbonyl (C=O) groups is 2. The zero-order chi connectivity index (χ0) is 21.3. The summed E-state index contributed by atoms with van der Waals surface area (Å²) in [6.07, 6.45) is 3.18. The molecule has 2 atom stereocenters. The number of nitrogens with one attached hydrogen (secondary N) is 2. The van der Waals surface area contributed by atoms with E-state index in [1.165, 1.54) is 0 Å². The maximum atomic E-state index is 12.5. The Balaban J connectivity index is 1.53. The first-order valence-electron chi connectivity index (χ1n) is 10.8. The average Bonchev–Trinajstić information content (AvgIpc) is 3.20. The third-order valence-electron chi connectivity index (χ3n) is 5.92. The highest BCUT2D eigenvalue weighted by Gasteiger charge is 2.42. The van der Waals surface area contributed by atoms with Crippen LogP contribution in [0.3, 0.4) is 0 Å². The summed E-state index contributed by atoms with van der Waals surface area (Å²) in [7, 11) is 3.34. The number of ether oxygens (including phenoxy) is 2. The number of methoxy groups -OCH3 is 1. The summed E-state index contributed by atoms with van der Waals surface area (Å²) < 4.78 is 11.1. The van der Waals surface area contributed by atoms with Crippen LogP contribution >= 0.6 is 0 Å². The lowest BCUT2D eigenvalue weighted by molar-refractivity contribution is -0.126. The second-order valence-corrected chi connectivity index (χ2v) is 7.91. The van der Waals surface area contributed by atoms with Crippen LogP contribution in [0.2, 0.25) is 0 Å². The number of likely N-dealkylation sites (tertiary alicyclic amines) is 2. The molecule has 0 spiro atoms. The second-order valence-electron chi connectivity index (χ2n) is 7.91. The number of likely N-dealkylation sites (N-methyl/N-ethyl adjacent to an activating group) is 1. The summed E-state index contributed by atoms with van der Waals surface area (Å²) in [6, 6.07) is 9.82. The maximum absolute atomic E-state index is 12.5. The van der Waals surface area contributed by atoms with Crippen molar-refractivity contribution >= 4 is 11.9 Å². The predicted molar refractivity (Wildman–Crippen MR) is 115 cm³/mol. The monoisotopic (exact) mass is 418 g/mol. The van der Waals surface area contributed by atoms with Gasteiger partial charge >= 0.3 is 6.03 Å². The van der Waals surface area contributed by atoms with E-state index in [0.717, 1.165) is 31.6 Å². The Labute approximate surface area is 178 Å². The van der Waals surface area contributed by atoms with Crippen LogP contribution in [0.5, 0.6) is 5.75 Å². The molecule has 2 heterocycles. The molecule has 0 radical (unpaired) electrons. The number of nitrogens with zero attached hydrogens (tertiary/aromatic N) is 2. The summed E-state index contributed by atoms with van der Waals surface area (Å²) >= 11 is 0. The van der Waals surface area contributed by atoms with Gasteiger partial charge in [0.1, 0.15) is 11.9 Å². The van der Waals surface area contributed by atoms with E-state index >= 15 is 0 Å². The van der Waals surface area contributed by atoms with Crippen molar-refractivity contribution in [3.05, 3.63) is 30.3 Å². The molecule has 8 nitrogen and oxygen atoms in total. The molecule has 30 heavy (non-hydrogen) atoms. The Kier molecular flexibility index (Phi) is 8.33. The summed E-state index contributed by atoms with van der Waals surface area (Å²) in [6.45, 7) is 3.38. The molecule has 2 aliphatic heterocycles. The van der Waals surface area contributed by atoms with Crippen LogP contribution in [0.15, 0.2) is 30.3 Å². The number of piperidine rings is 1. The lowest BCUT2D eigenvalue weighted by atomic mass is 10.0. The molecule has 3 amide bonds. The quantitative estimate of drug-likeness (QED) is 0.625. The van der Waals surface area contributed by atoms with Gasteiger partial charge in [-0.15, -0.1) is 0 Å². The molecule has 0 aliphatic carbocycles. The lowest BCUT2D eigenvalue weighted by Gasteiger charge is -2.38. The van der Waals surface area contributed by atoms with Gasteiger partial charge in [-0.3, -0.25) is 9.69 Å². The molecule has 3 rings (SSSR count). The standard InChI is InChI=1S/C22H34N4O4/c1-23-21(27)20-15-19(30-18-7-4-3-5-8-18)16-26(20)17-9-12-25(13-10-17)22(28)24-11-6-14-29-2/h3-5,7-8,17,19-20H,6,9-16H2,1-2H3,(H,23,27)(H,24,28)/t19-,20-/m0/s1.